The van der Waals surface area contributed by atoms with Crippen molar-refractivity contribution in [3.05, 3.63) is 89.0 Å². The van der Waals surface area contributed by atoms with E-state index in [1.165, 1.54) is 12.7 Å². The van der Waals surface area contributed by atoms with Crippen molar-refractivity contribution in [3.63, 3.8) is 0 Å². The fourth-order valence-electron chi connectivity index (χ4n) is 3.12. The van der Waals surface area contributed by atoms with Crippen molar-refractivity contribution in [2.24, 2.45) is 0 Å². The van der Waals surface area contributed by atoms with Crippen molar-refractivity contribution in [3.8, 4) is 16.9 Å². The number of aliphatic hydroxyl groups is 1. The van der Waals surface area contributed by atoms with E-state index in [2.05, 4.69) is 19.1 Å². The Morgan fingerprint density at radius 1 is 0.929 bits per heavy atom. The summed E-state index contributed by atoms with van der Waals surface area (Å²) in [6.07, 6.45) is 0.911. The summed E-state index contributed by atoms with van der Waals surface area (Å²) in [4.78, 5) is 11.6. The first-order valence-corrected chi connectivity index (χ1v) is 9.28. The number of ether oxygens (including phenoxy) is 2. The molecule has 0 aliphatic heterocycles. The lowest BCUT2D eigenvalue weighted by molar-refractivity contribution is 0.0600. The van der Waals surface area contributed by atoms with E-state index in [9.17, 15) is 9.90 Å². The van der Waals surface area contributed by atoms with Gasteiger partial charge in [-0.25, -0.2) is 4.79 Å². The van der Waals surface area contributed by atoms with Gasteiger partial charge in [0.1, 0.15) is 12.4 Å². The fraction of sp³-hybridized carbons (Fsp3) is 0.208. The Morgan fingerprint density at radius 3 is 2.32 bits per heavy atom. The smallest absolute Gasteiger partial charge is 0.337 e. The van der Waals surface area contributed by atoms with Crippen molar-refractivity contribution >= 4 is 5.97 Å². The second kappa shape index (κ2) is 9.20. The molecule has 3 aromatic carbocycles. The van der Waals surface area contributed by atoms with Crippen LogP contribution in [0, 0.1) is 0 Å². The molecule has 3 rings (SSSR count). The zero-order chi connectivity index (χ0) is 19.9. The number of aryl methyl sites for hydroxylation is 1. The van der Waals surface area contributed by atoms with Gasteiger partial charge in [-0.15, -0.1) is 0 Å². The Bertz CT molecular complexity index is 945. The molecule has 4 heteroatoms. The van der Waals surface area contributed by atoms with Crippen LogP contribution < -0.4 is 4.74 Å². The molecule has 0 saturated carbocycles. The van der Waals surface area contributed by atoms with Gasteiger partial charge in [0.25, 0.3) is 0 Å². The van der Waals surface area contributed by atoms with Crippen LogP contribution in [0.4, 0.5) is 0 Å². The van der Waals surface area contributed by atoms with Crippen LogP contribution in [-0.2, 0) is 24.4 Å². The molecule has 0 amide bonds. The number of esters is 1. The third kappa shape index (κ3) is 4.41. The van der Waals surface area contributed by atoms with Gasteiger partial charge in [0, 0.05) is 5.56 Å². The van der Waals surface area contributed by atoms with Crippen LogP contribution in [-0.4, -0.2) is 18.2 Å². The number of hydrogen-bond acceptors (Lipinski definition) is 4. The molecule has 1 N–H and O–H groups in total. The number of hydrogen-bond donors (Lipinski definition) is 1. The first-order chi connectivity index (χ1) is 13.7. The minimum atomic E-state index is -0.356. The summed E-state index contributed by atoms with van der Waals surface area (Å²) in [5.41, 5.74) is 5.61. The number of benzene rings is 3. The summed E-state index contributed by atoms with van der Waals surface area (Å²) in [6, 6.07) is 21.1. The first-order valence-electron chi connectivity index (χ1n) is 9.28. The number of aliphatic hydroxyl groups excluding tert-OH is 1. The van der Waals surface area contributed by atoms with E-state index in [0.717, 1.165) is 34.4 Å². The molecular weight excluding hydrogens is 352 g/mol. The lowest BCUT2D eigenvalue weighted by Crippen LogP contribution is -2.02. The van der Waals surface area contributed by atoms with E-state index in [1.807, 2.05) is 42.5 Å². The van der Waals surface area contributed by atoms with Crippen LogP contribution in [0.15, 0.2) is 66.7 Å². The summed E-state index contributed by atoms with van der Waals surface area (Å²) in [7, 11) is 1.37. The Balaban J connectivity index is 1.87. The molecule has 0 heterocycles. The molecule has 0 spiro atoms. The zero-order valence-corrected chi connectivity index (χ0v) is 16.1. The molecule has 0 atom stereocenters. The lowest BCUT2D eigenvalue weighted by atomic mass is 9.96. The predicted molar refractivity (Wildman–Crippen MR) is 109 cm³/mol. The predicted octanol–water partition coefficient (Wildman–Crippen LogP) is 4.77. The molecule has 0 aliphatic carbocycles. The average Bonchev–Trinajstić information content (AvgIpc) is 2.77. The number of carbonyl (C=O) groups excluding carboxylic acids is 1. The van der Waals surface area contributed by atoms with Crippen molar-refractivity contribution < 1.29 is 19.4 Å². The Hall–Kier alpha value is -3.11. The molecular formula is C24H24O4. The third-order valence-corrected chi connectivity index (χ3v) is 4.68. The molecule has 0 saturated heterocycles. The van der Waals surface area contributed by atoms with Crippen molar-refractivity contribution in [2.45, 2.75) is 26.6 Å². The highest BCUT2D eigenvalue weighted by molar-refractivity contribution is 5.89. The molecule has 0 aromatic heterocycles. The molecule has 0 radical (unpaired) electrons. The number of rotatable bonds is 7. The van der Waals surface area contributed by atoms with Gasteiger partial charge in [-0.2, -0.15) is 0 Å². The average molecular weight is 376 g/mol. The van der Waals surface area contributed by atoms with Gasteiger partial charge in [0.05, 0.1) is 19.3 Å². The second-order valence-electron chi connectivity index (χ2n) is 6.48. The SMILES string of the molecule is CCc1ccccc1-c1cc(CO)ccc1OCc1ccc(C(=O)OC)cc1. The zero-order valence-electron chi connectivity index (χ0n) is 16.1. The largest absolute Gasteiger partial charge is 0.488 e. The summed E-state index contributed by atoms with van der Waals surface area (Å²) in [5.74, 6) is 0.403. The minimum absolute atomic E-state index is 0.0173. The normalized spacial score (nSPS) is 10.5. The first kappa shape index (κ1) is 19.6. The van der Waals surface area contributed by atoms with Crippen LogP contribution in [0.25, 0.3) is 11.1 Å². The Labute approximate surface area is 165 Å². The van der Waals surface area contributed by atoms with Crippen molar-refractivity contribution in [2.75, 3.05) is 7.11 Å². The van der Waals surface area contributed by atoms with Gasteiger partial charge in [0.2, 0.25) is 0 Å². The van der Waals surface area contributed by atoms with Gasteiger partial charge in [-0.3, -0.25) is 0 Å². The quantitative estimate of drug-likeness (QED) is 0.603. The maximum absolute atomic E-state index is 11.6. The monoisotopic (exact) mass is 376 g/mol. The molecule has 144 valence electrons. The van der Waals surface area contributed by atoms with Gasteiger partial charge < -0.3 is 14.6 Å². The van der Waals surface area contributed by atoms with E-state index in [1.54, 1.807) is 12.1 Å². The van der Waals surface area contributed by atoms with E-state index in [-0.39, 0.29) is 12.6 Å². The summed E-state index contributed by atoms with van der Waals surface area (Å²) in [6.45, 7) is 2.48. The van der Waals surface area contributed by atoms with E-state index < -0.39 is 0 Å². The standard InChI is InChI=1S/C24H24O4/c1-3-19-6-4-5-7-21(19)22-14-18(15-25)10-13-23(22)28-16-17-8-11-20(12-9-17)24(26)27-2/h4-14,25H,3,15-16H2,1-2H3. The highest BCUT2D eigenvalue weighted by Gasteiger charge is 2.12. The number of carbonyl (C=O) groups is 1. The lowest BCUT2D eigenvalue weighted by Gasteiger charge is -2.16. The molecule has 3 aromatic rings. The summed E-state index contributed by atoms with van der Waals surface area (Å²) < 4.78 is 10.8. The van der Waals surface area contributed by atoms with Crippen molar-refractivity contribution in [1.29, 1.82) is 0 Å². The van der Waals surface area contributed by atoms with Gasteiger partial charge >= 0.3 is 5.97 Å². The summed E-state index contributed by atoms with van der Waals surface area (Å²) >= 11 is 0. The topological polar surface area (TPSA) is 55.8 Å². The maximum atomic E-state index is 11.6. The molecule has 28 heavy (non-hydrogen) atoms. The second-order valence-corrected chi connectivity index (χ2v) is 6.48. The molecule has 0 unspecified atom stereocenters. The van der Waals surface area contributed by atoms with Crippen LogP contribution in [0.2, 0.25) is 0 Å². The van der Waals surface area contributed by atoms with Gasteiger partial charge in [-0.1, -0.05) is 49.4 Å². The molecule has 0 fully saturated rings. The van der Waals surface area contributed by atoms with Crippen LogP contribution in [0.1, 0.15) is 34.0 Å². The van der Waals surface area contributed by atoms with E-state index in [4.69, 9.17) is 9.47 Å². The van der Waals surface area contributed by atoms with E-state index >= 15 is 0 Å². The van der Waals surface area contributed by atoms with Gasteiger partial charge in [-0.05, 0) is 52.9 Å². The Morgan fingerprint density at radius 2 is 1.64 bits per heavy atom. The number of methoxy groups -OCH3 is 1. The van der Waals surface area contributed by atoms with Crippen LogP contribution in [0.3, 0.4) is 0 Å². The molecule has 0 aliphatic rings. The summed E-state index contributed by atoms with van der Waals surface area (Å²) in [5, 5.41) is 9.55. The van der Waals surface area contributed by atoms with Gasteiger partial charge in [0.15, 0.2) is 0 Å². The van der Waals surface area contributed by atoms with Crippen LogP contribution >= 0.6 is 0 Å². The Kier molecular flexibility index (Phi) is 6.45. The maximum Gasteiger partial charge on any atom is 0.337 e. The van der Waals surface area contributed by atoms with Crippen LogP contribution in [0.5, 0.6) is 5.75 Å². The highest BCUT2D eigenvalue weighted by atomic mass is 16.5. The van der Waals surface area contributed by atoms with Crippen molar-refractivity contribution in [1.82, 2.24) is 0 Å². The fourth-order valence-corrected chi connectivity index (χ4v) is 3.12. The van der Waals surface area contributed by atoms with E-state index in [0.29, 0.717) is 12.2 Å². The molecule has 0 bridgehead atoms. The minimum Gasteiger partial charge on any atom is -0.488 e. The molecule has 4 nitrogen and oxygen atoms in total. The third-order valence-electron chi connectivity index (χ3n) is 4.68. The highest BCUT2D eigenvalue weighted by Crippen LogP contribution is 2.34.